The largest absolute Gasteiger partial charge is 0.457 e. The standard InChI is InChI=1S/C19H30O6/c1-3-22-15-6-4-5-13(9-15)11-23-17(20)18(21)24-12-14-7-8-19(2)10-16(14)25-19/h13-16H,3-12H2,1-2H3/t13?,14?,15?,16-,19?/m1/s1. The third-order valence-corrected chi connectivity index (χ3v) is 5.82. The van der Waals surface area contributed by atoms with Gasteiger partial charge in [-0.3, -0.25) is 0 Å². The summed E-state index contributed by atoms with van der Waals surface area (Å²) >= 11 is 0. The molecule has 142 valence electrons. The Morgan fingerprint density at radius 3 is 2.48 bits per heavy atom. The topological polar surface area (TPSA) is 71.1 Å². The van der Waals surface area contributed by atoms with Gasteiger partial charge in [-0.1, -0.05) is 6.42 Å². The van der Waals surface area contributed by atoms with E-state index in [1.165, 1.54) is 0 Å². The van der Waals surface area contributed by atoms with Crippen LogP contribution >= 0.6 is 0 Å². The number of esters is 2. The van der Waals surface area contributed by atoms with Gasteiger partial charge in [0.15, 0.2) is 0 Å². The van der Waals surface area contributed by atoms with E-state index in [0.717, 1.165) is 44.9 Å². The maximum atomic E-state index is 11.8. The fraction of sp³-hybridized carbons (Fsp3) is 0.895. The lowest BCUT2D eigenvalue weighted by atomic mass is 9.72. The molecule has 2 heterocycles. The first-order chi connectivity index (χ1) is 12.0. The van der Waals surface area contributed by atoms with Crippen molar-refractivity contribution in [3.05, 3.63) is 0 Å². The van der Waals surface area contributed by atoms with Gasteiger partial charge in [0.05, 0.1) is 31.0 Å². The second-order valence-electron chi connectivity index (χ2n) is 7.92. The summed E-state index contributed by atoms with van der Waals surface area (Å²) in [6.07, 6.45) is 7.41. The predicted octanol–water partition coefficient (Wildman–Crippen LogP) is 2.63. The molecular weight excluding hydrogens is 324 g/mol. The number of hydrogen-bond acceptors (Lipinski definition) is 6. The molecule has 0 spiro atoms. The molecule has 0 radical (unpaired) electrons. The van der Waals surface area contributed by atoms with Crippen LogP contribution in [0, 0.1) is 11.8 Å². The Bertz CT molecular complexity index is 477. The zero-order valence-electron chi connectivity index (χ0n) is 15.3. The third kappa shape index (κ3) is 4.73. The number of fused-ring (bicyclic) bond motifs is 2. The van der Waals surface area contributed by atoms with E-state index in [2.05, 4.69) is 6.92 Å². The van der Waals surface area contributed by atoms with Crippen LogP contribution < -0.4 is 0 Å². The van der Waals surface area contributed by atoms with E-state index >= 15 is 0 Å². The molecule has 25 heavy (non-hydrogen) atoms. The Balaban J connectivity index is 1.33. The van der Waals surface area contributed by atoms with Crippen molar-refractivity contribution < 1.29 is 28.5 Å². The maximum Gasteiger partial charge on any atom is 0.417 e. The summed E-state index contributed by atoms with van der Waals surface area (Å²) in [5, 5.41) is 0. The molecule has 6 nitrogen and oxygen atoms in total. The molecule has 4 unspecified atom stereocenters. The van der Waals surface area contributed by atoms with Gasteiger partial charge >= 0.3 is 11.9 Å². The predicted molar refractivity (Wildman–Crippen MR) is 89.9 cm³/mol. The molecule has 2 aliphatic carbocycles. The van der Waals surface area contributed by atoms with Gasteiger partial charge in [-0.15, -0.1) is 0 Å². The Hall–Kier alpha value is -1.14. The highest BCUT2D eigenvalue weighted by Crippen LogP contribution is 2.47. The summed E-state index contributed by atoms with van der Waals surface area (Å²) in [7, 11) is 0. The highest BCUT2D eigenvalue weighted by Gasteiger charge is 2.50. The second-order valence-corrected chi connectivity index (χ2v) is 7.92. The van der Waals surface area contributed by atoms with Crippen molar-refractivity contribution in [1.29, 1.82) is 0 Å². The molecule has 6 heteroatoms. The molecule has 2 bridgehead atoms. The molecular formula is C19H30O6. The fourth-order valence-corrected chi connectivity index (χ4v) is 4.35. The molecule has 4 fully saturated rings. The van der Waals surface area contributed by atoms with E-state index in [4.69, 9.17) is 18.9 Å². The minimum Gasteiger partial charge on any atom is -0.457 e. The summed E-state index contributed by atoms with van der Waals surface area (Å²) in [5.74, 6) is -1.30. The lowest BCUT2D eigenvalue weighted by Gasteiger charge is -2.53. The quantitative estimate of drug-likeness (QED) is 0.539. The Morgan fingerprint density at radius 2 is 1.84 bits per heavy atom. The van der Waals surface area contributed by atoms with E-state index in [0.29, 0.717) is 6.61 Å². The summed E-state index contributed by atoms with van der Waals surface area (Å²) in [5.41, 5.74) is 0.0312. The SMILES string of the molecule is CCOC1CCCC(COC(=O)C(=O)OCC2CCC3(C)C[C@H]2O3)C1. The molecule has 0 aromatic rings. The van der Waals surface area contributed by atoms with Crippen molar-refractivity contribution in [2.45, 2.75) is 76.6 Å². The first-order valence-corrected chi connectivity index (χ1v) is 9.62. The van der Waals surface area contributed by atoms with Crippen LogP contribution in [-0.2, 0) is 28.5 Å². The molecule has 0 aromatic carbocycles. The van der Waals surface area contributed by atoms with Crippen LogP contribution in [0.2, 0.25) is 0 Å². The molecule has 0 amide bonds. The Kier molecular flexibility index (Phi) is 6.00. The minimum atomic E-state index is -0.884. The van der Waals surface area contributed by atoms with Gasteiger partial charge in [0.2, 0.25) is 0 Å². The lowest BCUT2D eigenvalue weighted by Crippen LogP contribution is -2.57. The summed E-state index contributed by atoms with van der Waals surface area (Å²) in [6.45, 7) is 5.32. The van der Waals surface area contributed by atoms with Crippen LogP contribution in [0.3, 0.4) is 0 Å². The minimum absolute atomic E-state index is 0.0312. The molecule has 2 saturated carbocycles. The van der Waals surface area contributed by atoms with E-state index < -0.39 is 11.9 Å². The smallest absolute Gasteiger partial charge is 0.417 e. The number of carbonyl (C=O) groups is 2. The molecule has 4 aliphatic rings. The lowest BCUT2D eigenvalue weighted by molar-refractivity contribution is -0.254. The molecule has 2 saturated heterocycles. The molecule has 5 atom stereocenters. The Labute approximate surface area is 149 Å². The van der Waals surface area contributed by atoms with Gasteiger partial charge < -0.3 is 18.9 Å². The van der Waals surface area contributed by atoms with Crippen LogP contribution in [-0.4, -0.2) is 49.6 Å². The summed E-state index contributed by atoms with van der Waals surface area (Å²) < 4.78 is 21.8. The van der Waals surface area contributed by atoms with Crippen molar-refractivity contribution in [3.8, 4) is 0 Å². The highest BCUT2D eigenvalue weighted by molar-refractivity contribution is 6.29. The number of ether oxygens (including phenoxy) is 4. The van der Waals surface area contributed by atoms with E-state index in [1.54, 1.807) is 0 Å². The monoisotopic (exact) mass is 354 g/mol. The molecule has 4 rings (SSSR count). The van der Waals surface area contributed by atoms with Gasteiger partial charge in [0.1, 0.15) is 0 Å². The summed E-state index contributed by atoms with van der Waals surface area (Å²) in [6, 6.07) is 0. The molecule has 0 N–H and O–H groups in total. The van der Waals surface area contributed by atoms with Crippen LogP contribution in [0.5, 0.6) is 0 Å². The van der Waals surface area contributed by atoms with E-state index in [-0.39, 0.29) is 42.9 Å². The van der Waals surface area contributed by atoms with Crippen LogP contribution in [0.4, 0.5) is 0 Å². The maximum absolute atomic E-state index is 11.8. The van der Waals surface area contributed by atoms with Crippen LogP contribution in [0.15, 0.2) is 0 Å². The van der Waals surface area contributed by atoms with Gasteiger partial charge in [0, 0.05) is 18.9 Å². The van der Waals surface area contributed by atoms with Crippen LogP contribution in [0.25, 0.3) is 0 Å². The van der Waals surface area contributed by atoms with E-state index in [1.807, 2.05) is 6.92 Å². The number of rotatable bonds is 6. The summed E-state index contributed by atoms with van der Waals surface area (Å²) in [4.78, 5) is 23.7. The average Bonchev–Trinajstić information content (AvgIpc) is 2.58. The van der Waals surface area contributed by atoms with Gasteiger partial charge in [-0.2, -0.15) is 0 Å². The van der Waals surface area contributed by atoms with Gasteiger partial charge in [0.25, 0.3) is 0 Å². The van der Waals surface area contributed by atoms with Crippen molar-refractivity contribution in [2.75, 3.05) is 19.8 Å². The first kappa shape index (κ1) is 18.6. The number of carbonyl (C=O) groups excluding carboxylic acids is 2. The Morgan fingerprint density at radius 1 is 1.12 bits per heavy atom. The van der Waals surface area contributed by atoms with E-state index in [9.17, 15) is 9.59 Å². The normalized spacial score (nSPS) is 37.0. The van der Waals surface area contributed by atoms with Crippen molar-refractivity contribution in [3.63, 3.8) is 0 Å². The number of hydrogen-bond donors (Lipinski definition) is 0. The fourth-order valence-electron chi connectivity index (χ4n) is 4.35. The molecule has 0 aromatic heterocycles. The molecule has 2 aliphatic heterocycles. The average molecular weight is 354 g/mol. The third-order valence-electron chi connectivity index (χ3n) is 5.82. The van der Waals surface area contributed by atoms with Gasteiger partial charge in [-0.05, 0) is 51.9 Å². The van der Waals surface area contributed by atoms with Crippen LogP contribution in [0.1, 0.15) is 58.8 Å². The highest BCUT2D eigenvalue weighted by atomic mass is 16.6. The first-order valence-electron chi connectivity index (χ1n) is 9.62. The van der Waals surface area contributed by atoms with Crippen molar-refractivity contribution >= 4 is 11.9 Å². The zero-order valence-corrected chi connectivity index (χ0v) is 15.3. The zero-order chi connectivity index (χ0) is 17.9. The van der Waals surface area contributed by atoms with Crippen molar-refractivity contribution in [2.24, 2.45) is 11.8 Å². The van der Waals surface area contributed by atoms with Crippen molar-refractivity contribution in [1.82, 2.24) is 0 Å². The second kappa shape index (κ2) is 8.04. The van der Waals surface area contributed by atoms with Gasteiger partial charge in [-0.25, -0.2) is 9.59 Å².